The van der Waals surface area contributed by atoms with Crippen LogP contribution in [0.15, 0.2) is 23.1 Å². The van der Waals surface area contributed by atoms with E-state index in [0.717, 1.165) is 13.1 Å². The molecule has 18 heavy (non-hydrogen) atoms. The zero-order valence-electron chi connectivity index (χ0n) is 11.0. The van der Waals surface area contributed by atoms with Gasteiger partial charge in [-0.15, -0.1) is 11.8 Å². The average Bonchev–Trinajstić information content (AvgIpc) is 2.87. The number of fused-ring (bicyclic) bond motifs is 1. The summed E-state index contributed by atoms with van der Waals surface area (Å²) in [6.45, 7) is 5.96. The number of hydrogen-bond donors (Lipinski definition) is 1. The van der Waals surface area contributed by atoms with Crippen LogP contribution in [0.25, 0.3) is 0 Å². The molecule has 0 amide bonds. The minimum absolute atomic E-state index is 1.16. The molecule has 1 N–H and O–H groups in total. The maximum absolute atomic E-state index is 3.40. The van der Waals surface area contributed by atoms with Crippen LogP contribution in [0.4, 0.5) is 0 Å². The Bertz CT molecular complexity index is 399. The van der Waals surface area contributed by atoms with Crippen LogP contribution in [-0.4, -0.2) is 43.4 Å². The first-order valence-corrected chi connectivity index (χ1v) is 8.08. The summed E-state index contributed by atoms with van der Waals surface area (Å²) in [5, 5.41) is 3.40. The smallest absolute Gasteiger partial charge is 0.0108 e. The average molecular weight is 262 g/mol. The molecule has 0 atom stereocenters. The third kappa shape index (κ3) is 3.08. The molecule has 1 heterocycles. The van der Waals surface area contributed by atoms with Crippen LogP contribution >= 0.6 is 11.8 Å². The zero-order chi connectivity index (χ0) is 12.2. The summed E-state index contributed by atoms with van der Waals surface area (Å²) >= 11 is 2.02. The Morgan fingerprint density at radius 3 is 2.83 bits per heavy atom. The highest BCUT2D eigenvalue weighted by Crippen LogP contribution is 2.27. The molecule has 0 aromatic heterocycles. The van der Waals surface area contributed by atoms with Crippen LogP contribution in [0.5, 0.6) is 0 Å². The van der Waals surface area contributed by atoms with Crippen LogP contribution in [0.3, 0.4) is 0 Å². The van der Waals surface area contributed by atoms with Crippen molar-refractivity contribution in [2.45, 2.75) is 24.2 Å². The second-order valence-electron chi connectivity index (χ2n) is 5.22. The molecule has 1 fully saturated rings. The van der Waals surface area contributed by atoms with Crippen LogP contribution in [0.1, 0.15) is 17.5 Å². The number of nitrogens with zero attached hydrogens (tertiary/aromatic N) is 1. The van der Waals surface area contributed by atoms with E-state index in [1.807, 2.05) is 11.8 Å². The molecule has 0 radical (unpaired) electrons. The number of hydrogen-bond acceptors (Lipinski definition) is 3. The van der Waals surface area contributed by atoms with Crippen LogP contribution in [-0.2, 0) is 12.8 Å². The summed E-state index contributed by atoms with van der Waals surface area (Å²) < 4.78 is 0. The van der Waals surface area contributed by atoms with Gasteiger partial charge in [-0.2, -0.15) is 0 Å². The van der Waals surface area contributed by atoms with Crippen molar-refractivity contribution in [3.8, 4) is 0 Å². The molecule has 1 aliphatic carbocycles. The van der Waals surface area contributed by atoms with Crippen molar-refractivity contribution in [2.24, 2.45) is 0 Å². The summed E-state index contributed by atoms with van der Waals surface area (Å²) in [5.41, 5.74) is 3.18. The summed E-state index contributed by atoms with van der Waals surface area (Å²) in [6, 6.07) is 7.08. The number of thioether (sulfide) groups is 1. The van der Waals surface area contributed by atoms with Gasteiger partial charge in [0.25, 0.3) is 0 Å². The van der Waals surface area contributed by atoms with E-state index in [1.54, 1.807) is 11.1 Å². The van der Waals surface area contributed by atoms with Crippen molar-refractivity contribution in [1.29, 1.82) is 0 Å². The number of rotatable bonds is 4. The summed E-state index contributed by atoms with van der Waals surface area (Å²) in [6.07, 6.45) is 3.94. The highest BCUT2D eigenvalue weighted by molar-refractivity contribution is 7.99. The lowest BCUT2D eigenvalue weighted by Crippen LogP contribution is -2.44. The first kappa shape index (κ1) is 12.5. The molecule has 0 spiro atoms. The van der Waals surface area contributed by atoms with E-state index >= 15 is 0 Å². The molecule has 2 aliphatic rings. The highest BCUT2D eigenvalue weighted by Gasteiger charge is 2.12. The predicted molar refractivity (Wildman–Crippen MR) is 78.5 cm³/mol. The molecular weight excluding hydrogens is 240 g/mol. The standard InChI is InChI=1S/C15H22N2S/c1-2-13-4-5-15(12-14(13)3-1)18-11-10-17-8-6-16-7-9-17/h4-5,12,16H,1-3,6-11H2. The van der Waals surface area contributed by atoms with Crippen molar-refractivity contribution in [3.05, 3.63) is 29.3 Å². The molecule has 0 saturated carbocycles. The van der Waals surface area contributed by atoms with Gasteiger partial charge in [0.1, 0.15) is 0 Å². The van der Waals surface area contributed by atoms with Crippen molar-refractivity contribution in [1.82, 2.24) is 10.2 Å². The molecule has 1 aromatic carbocycles. The van der Waals surface area contributed by atoms with Crippen LogP contribution in [0, 0.1) is 0 Å². The fraction of sp³-hybridized carbons (Fsp3) is 0.600. The van der Waals surface area contributed by atoms with Crippen molar-refractivity contribution in [3.63, 3.8) is 0 Å². The van der Waals surface area contributed by atoms with E-state index in [0.29, 0.717) is 0 Å². The van der Waals surface area contributed by atoms with Gasteiger partial charge in [0.2, 0.25) is 0 Å². The molecule has 1 aromatic rings. The van der Waals surface area contributed by atoms with E-state index in [2.05, 4.69) is 28.4 Å². The summed E-state index contributed by atoms with van der Waals surface area (Å²) in [5.74, 6) is 1.22. The minimum Gasteiger partial charge on any atom is -0.314 e. The third-order valence-electron chi connectivity index (χ3n) is 3.96. The molecule has 0 unspecified atom stereocenters. The van der Waals surface area contributed by atoms with Gasteiger partial charge < -0.3 is 5.32 Å². The third-order valence-corrected chi connectivity index (χ3v) is 4.93. The van der Waals surface area contributed by atoms with Gasteiger partial charge in [0.15, 0.2) is 0 Å². The predicted octanol–water partition coefficient (Wildman–Crippen LogP) is 2.17. The maximum atomic E-state index is 3.40. The second kappa shape index (κ2) is 6.09. The van der Waals surface area contributed by atoms with Gasteiger partial charge in [-0.05, 0) is 42.5 Å². The molecular formula is C15H22N2S. The largest absolute Gasteiger partial charge is 0.314 e. The number of piperazine rings is 1. The molecule has 3 rings (SSSR count). The molecule has 2 nitrogen and oxygen atoms in total. The molecule has 98 valence electrons. The van der Waals surface area contributed by atoms with Crippen molar-refractivity contribution in [2.75, 3.05) is 38.5 Å². The fourth-order valence-corrected chi connectivity index (χ4v) is 3.84. The monoisotopic (exact) mass is 262 g/mol. The van der Waals surface area contributed by atoms with Gasteiger partial charge in [0.05, 0.1) is 0 Å². The zero-order valence-corrected chi connectivity index (χ0v) is 11.8. The van der Waals surface area contributed by atoms with Gasteiger partial charge in [0, 0.05) is 43.4 Å². The maximum Gasteiger partial charge on any atom is 0.0108 e. The number of aryl methyl sites for hydroxylation is 2. The Labute approximate surface area is 114 Å². The Balaban J connectivity index is 1.48. The van der Waals surface area contributed by atoms with Gasteiger partial charge >= 0.3 is 0 Å². The Hall–Kier alpha value is -0.510. The van der Waals surface area contributed by atoms with E-state index < -0.39 is 0 Å². The van der Waals surface area contributed by atoms with Crippen molar-refractivity contribution < 1.29 is 0 Å². The van der Waals surface area contributed by atoms with E-state index in [4.69, 9.17) is 0 Å². The van der Waals surface area contributed by atoms with Crippen LogP contribution in [0.2, 0.25) is 0 Å². The van der Waals surface area contributed by atoms with Crippen molar-refractivity contribution >= 4 is 11.8 Å². The normalized spacial score (nSPS) is 20.0. The SMILES string of the molecule is c1cc2c(cc1SCCN1CCNCC1)CCC2. The molecule has 0 bridgehead atoms. The first-order chi connectivity index (χ1) is 8.92. The number of nitrogens with one attached hydrogen (secondary N) is 1. The Kier molecular flexibility index (Phi) is 4.24. The first-order valence-electron chi connectivity index (χ1n) is 7.09. The second-order valence-corrected chi connectivity index (χ2v) is 6.39. The Morgan fingerprint density at radius 2 is 1.94 bits per heavy atom. The quantitative estimate of drug-likeness (QED) is 0.837. The lowest BCUT2D eigenvalue weighted by molar-refractivity contribution is 0.255. The lowest BCUT2D eigenvalue weighted by Gasteiger charge is -2.26. The van der Waals surface area contributed by atoms with E-state index in [-0.39, 0.29) is 0 Å². The van der Waals surface area contributed by atoms with Gasteiger partial charge in [-0.25, -0.2) is 0 Å². The van der Waals surface area contributed by atoms with E-state index in [9.17, 15) is 0 Å². The number of benzene rings is 1. The highest BCUT2D eigenvalue weighted by atomic mass is 32.2. The Morgan fingerprint density at radius 1 is 1.11 bits per heavy atom. The van der Waals surface area contributed by atoms with Crippen LogP contribution < -0.4 is 5.32 Å². The molecule has 1 aliphatic heterocycles. The van der Waals surface area contributed by atoms with Gasteiger partial charge in [-0.1, -0.05) is 6.07 Å². The van der Waals surface area contributed by atoms with E-state index in [1.165, 1.54) is 49.5 Å². The molecule has 3 heteroatoms. The fourth-order valence-electron chi connectivity index (χ4n) is 2.87. The van der Waals surface area contributed by atoms with Gasteiger partial charge in [-0.3, -0.25) is 4.90 Å². The molecule has 1 saturated heterocycles. The minimum atomic E-state index is 1.16. The summed E-state index contributed by atoms with van der Waals surface area (Å²) in [7, 11) is 0. The lowest BCUT2D eigenvalue weighted by atomic mass is 10.1. The topological polar surface area (TPSA) is 15.3 Å². The summed E-state index contributed by atoms with van der Waals surface area (Å²) in [4.78, 5) is 4.03.